The highest BCUT2D eigenvalue weighted by Crippen LogP contribution is 2.44. The highest BCUT2D eigenvalue weighted by Gasteiger charge is 2.65. The van der Waals surface area contributed by atoms with Crippen molar-refractivity contribution in [2.45, 2.75) is 75.9 Å². The van der Waals surface area contributed by atoms with E-state index in [0.717, 1.165) is 44.1 Å². The number of likely N-dealkylation sites (tertiary alicyclic amines) is 1. The zero-order valence-corrected chi connectivity index (χ0v) is 16.7. The van der Waals surface area contributed by atoms with Crippen molar-refractivity contribution in [3.05, 3.63) is 0 Å². The number of hydroxylamine groups is 2. The molecule has 3 aliphatic rings. The molecule has 144 valence electrons. The SMILES string of the molecule is CC[Si](CC)(CC)O[C@H]1CON2OC(CO)C[C@@]12C(=O)N1CCCC1. The van der Waals surface area contributed by atoms with Gasteiger partial charge >= 0.3 is 0 Å². The van der Waals surface area contributed by atoms with Gasteiger partial charge in [0.1, 0.15) is 12.2 Å². The van der Waals surface area contributed by atoms with E-state index in [4.69, 9.17) is 14.1 Å². The van der Waals surface area contributed by atoms with Crippen LogP contribution in [0.1, 0.15) is 40.0 Å². The molecular formula is C17H32N2O5Si. The molecule has 3 saturated heterocycles. The molecule has 8 heteroatoms. The van der Waals surface area contributed by atoms with Crippen LogP contribution in [0, 0.1) is 0 Å². The number of aliphatic hydroxyl groups excluding tert-OH is 1. The number of carbonyl (C=O) groups is 1. The van der Waals surface area contributed by atoms with E-state index in [2.05, 4.69) is 20.8 Å². The molecule has 0 aromatic rings. The number of carbonyl (C=O) groups excluding carboxylic acids is 1. The number of nitrogens with zero attached hydrogens (tertiary/aromatic N) is 2. The molecule has 0 spiro atoms. The lowest BCUT2D eigenvalue weighted by Crippen LogP contribution is -2.61. The first kappa shape index (κ1) is 19.3. The van der Waals surface area contributed by atoms with Gasteiger partial charge in [0.05, 0.1) is 13.2 Å². The van der Waals surface area contributed by atoms with Gasteiger partial charge in [-0.1, -0.05) is 20.8 Å². The summed E-state index contributed by atoms with van der Waals surface area (Å²) in [4.78, 5) is 26.8. The maximum Gasteiger partial charge on any atom is 0.250 e. The molecule has 3 atom stereocenters. The van der Waals surface area contributed by atoms with Gasteiger partial charge in [-0.15, -0.1) is 0 Å². The van der Waals surface area contributed by atoms with Crippen molar-refractivity contribution in [1.82, 2.24) is 10.1 Å². The third-order valence-corrected chi connectivity index (χ3v) is 10.9. The molecule has 0 saturated carbocycles. The molecule has 0 radical (unpaired) electrons. The van der Waals surface area contributed by atoms with Crippen LogP contribution in [0.4, 0.5) is 0 Å². The quantitative estimate of drug-likeness (QED) is 0.686. The van der Waals surface area contributed by atoms with Crippen LogP contribution in [-0.2, 0) is 18.9 Å². The standard InChI is InChI=1S/C17H32N2O5Si/c1-4-25(5-2,6-3)24-15-13-22-19-17(15,11-14(12-20)23-19)16(21)18-9-7-8-10-18/h14-15,20H,4-13H2,1-3H3/t14?,15-,17-/m0/s1. The summed E-state index contributed by atoms with van der Waals surface area (Å²) in [7, 11) is -1.90. The molecule has 0 aromatic heterocycles. The van der Waals surface area contributed by atoms with E-state index in [0.29, 0.717) is 13.0 Å². The van der Waals surface area contributed by atoms with Crippen LogP contribution in [0.25, 0.3) is 0 Å². The van der Waals surface area contributed by atoms with Gasteiger partial charge in [-0.25, -0.2) is 0 Å². The molecule has 1 N–H and O–H groups in total. The molecule has 3 aliphatic heterocycles. The molecule has 1 amide bonds. The normalized spacial score (nSPS) is 33.2. The van der Waals surface area contributed by atoms with E-state index in [-0.39, 0.29) is 18.6 Å². The Morgan fingerprint density at radius 3 is 2.44 bits per heavy atom. The van der Waals surface area contributed by atoms with Crippen molar-refractivity contribution >= 4 is 14.2 Å². The summed E-state index contributed by atoms with van der Waals surface area (Å²) in [5.74, 6) is 0.0367. The fraction of sp³-hybridized carbons (Fsp3) is 0.941. The lowest BCUT2D eigenvalue weighted by molar-refractivity contribution is -0.356. The van der Waals surface area contributed by atoms with Gasteiger partial charge in [-0.05, 0) is 36.2 Å². The third kappa shape index (κ3) is 3.17. The second kappa shape index (κ2) is 7.62. The number of hydrogen-bond donors (Lipinski definition) is 1. The van der Waals surface area contributed by atoms with E-state index < -0.39 is 20.0 Å². The first-order valence-electron chi connectivity index (χ1n) is 9.73. The van der Waals surface area contributed by atoms with Crippen molar-refractivity contribution in [3.63, 3.8) is 0 Å². The predicted octanol–water partition coefficient (Wildman–Crippen LogP) is 1.68. The minimum absolute atomic E-state index is 0.0367. The highest BCUT2D eigenvalue weighted by atomic mass is 28.4. The van der Waals surface area contributed by atoms with E-state index in [9.17, 15) is 9.90 Å². The number of hydrogen-bond acceptors (Lipinski definition) is 6. The van der Waals surface area contributed by atoms with Gasteiger partial charge in [-0.2, -0.15) is 0 Å². The molecule has 3 rings (SSSR count). The third-order valence-electron chi connectivity index (χ3n) is 6.28. The molecule has 1 unspecified atom stereocenters. The molecule has 0 aliphatic carbocycles. The molecule has 3 fully saturated rings. The Balaban J connectivity index is 1.90. The van der Waals surface area contributed by atoms with Crippen LogP contribution >= 0.6 is 0 Å². The van der Waals surface area contributed by atoms with Crippen LogP contribution in [0.5, 0.6) is 0 Å². The maximum atomic E-state index is 13.5. The average Bonchev–Trinajstić information content (AvgIpc) is 3.35. The lowest BCUT2D eigenvalue weighted by atomic mass is 9.87. The van der Waals surface area contributed by atoms with Gasteiger partial charge in [0.2, 0.25) is 0 Å². The zero-order valence-electron chi connectivity index (χ0n) is 15.7. The summed E-state index contributed by atoms with van der Waals surface area (Å²) in [6.07, 6.45) is 1.75. The highest BCUT2D eigenvalue weighted by molar-refractivity contribution is 6.73. The van der Waals surface area contributed by atoms with E-state index >= 15 is 0 Å². The Bertz CT molecular complexity index is 475. The summed E-state index contributed by atoms with van der Waals surface area (Å²) in [6, 6.07) is 3.07. The van der Waals surface area contributed by atoms with Crippen molar-refractivity contribution < 1.29 is 24.0 Å². The fourth-order valence-corrected chi connectivity index (χ4v) is 7.25. The first-order valence-corrected chi connectivity index (χ1v) is 12.3. The Morgan fingerprint density at radius 1 is 1.24 bits per heavy atom. The Hall–Kier alpha value is -0.513. The second-order valence-electron chi connectivity index (χ2n) is 7.44. The van der Waals surface area contributed by atoms with Gasteiger partial charge in [0.15, 0.2) is 13.9 Å². The minimum atomic E-state index is -1.90. The van der Waals surface area contributed by atoms with Gasteiger partial charge in [0, 0.05) is 19.5 Å². The van der Waals surface area contributed by atoms with Crippen LogP contribution in [-0.4, -0.2) is 73.5 Å². The second-order valence-corrected chi connectivity index (χ2v) is 12.2. The Morgan fingerprint density at radius 2 is 1.88 bits per heavy atom. The summed E-state index contributed by atoms with van der Waals surface area (Å²) >= 11 is 0. The predicted molar refractivity (Wildman–Crippen MR) is 95.0 cm³/mol. The van der Waals surface area contributed by atoms with Crippen LogP contribution < -0.4 is 0 Å². The molecular weight excluding hydrogens is 340 g/mol. The van der Waals surface area contributed by atoms with E-state index in [1.165, 1.54) is 5.23 Å². The van der Waals surface area contributed by atoms with Crippen LogP contribution in [0.15, 0.2) is 0 Å². The maximum absolute atomic E-state index is 13.5. The minimum Gasteiger partial charge on any atom is -0.409 e. The van der Waals surface area contributed by atoms with Crippen molar-refractivity contribution in [3.8, 4) is 0 Å². The topological polar surface area (TPSA) is 71.5 Å². The Labute approximate surface area is 151 Å². The number of fused-ring (bicyclic) bond motifs is 1. The van der Waals surface area contributed by atoms with Crippen LogP contribution in [0.3, 0.4) is 0 Å². The van der Waals surface area contributed by atoms with E-state index in [1.807, 2.05) is 4.90 Å². The largest absolute Gasteiger partial charge is 0.409 e. The lowest BCUT2D eigenvalue weighted by Gasteiger charge is -2.39. The van der Waals surface area contributed by atoms with Gasteiger partial charge in [-0.3, -0.25) is 14.5 Å². The summed E-state index contributed by atoms with van der Waals surface area (Å²) < 4.78 is 6.70. The van der Waals surface area contributed by atoms with E-state index in [1.54, 1.807) is 0 Å². The number of aliphatic hydroxyl groups is 1. The Kier molecular flexibility index (Phi) is 5.87. The molecule has 7 nitrogen and oxygen atoms in total. The molecule has 25 heavy (non-hydrogen) atoms. The summed E-state index contributed by atoms with van der Waals surface area (Å²) in [6.45, 7) is 8.33. The zero-order chi connectivity index (χ0) is 18.1. The average molecular weight is 373 g/mol. The first-order chi connectivity index (χ1) is 12.0. The summed E-state index contributed by atoms with van der Waals surface area (Å²) in [5, 5.41) is 10.9. The molecule has 0 bridgehead atoms. The fourth-order valence-electron chi connectivity index (χ4n) is 4.38. The smallest absolute Gasteiger partial charge is 0.250 e. The monoisotopic (exact) mass is 372 g/mol. The molecule has 0 aromatic carbocycles. The number of amides is 1. The molecule has 3 heterocycles. The van der Waals surface area contributed by atoms with Gasteiger partial charge in [0.25, 0.3) is 5.91 Å². The van der Waals surface area contributed by atoms with Crippen LogP contribution in [0.2, 0.25) is 18.1 Å². The van der Waals surface area contributed by atoms with Crippen molar-refractivity contribution in [1.29, 1.82) is 0 Å². The number of rotatable bonds is 7. The van der Waals surface area contributed by atoms with Crippen molar-refractivity contribution in [2.75, 3.05) is 26.3 Å². The van der Waals surface area contributed by atoms with Crippen molar-refractivity contribution in [2.24, 2.45) is 0 Å². The summed E-state index contributed by atoms with van der Waals surface area (Å²) in [5.41, 5.74) is -0.949. The van der Waals surface area contributed by atoms with Gasteiger partial charge < -0.3 is 14.4 Å².